The highest BCUT2D eigenvalue weighted by Crippen LogP contribution is 2.46. The molecule has 1 heteroatoms. The molecule has 8 aromatic rings. The van der Waals surface area contributed by atoms with E-state index in [0.717, 1.165) is 6.42 Å². The predicted octanol–water partition coefficient (Wildman–Crippen LogP) is 11.7. The van der Waals surface area contributed by atoms with Crippen molar-refractivity contribution in [1.82, 2.24) is 4.57 Å². The third-order valence-corrected chi connectivity index (χ3v) is 10.1. The Hall–Kier alpha value is -5.40. The molecule has 0 bridgehead atoms. The van der Waals surface area contributed by atoms with E-state index in [1.165, 1.54) is 77.2 Å². The van der Waals surface area contributed by atoms with E-state index < -0.39 is 0 Å². The fraction of sp³-hybridized carbons (Fsp3) is 0.0909. The molecule has 0 saturated carbocycles. The lowest BCUT2D eigenvalue weighted by molar-refractivity contribution is 0.579. The first-order chi connectivity index (χ1) is 22.2. The number of fused-ring (bicyclic) bond motifs is 7. The van der Waals surface area contributed by atoms with Gasteiger partial charge >= 0.3 is 0 Å². The van der Waals surface area contributed by atoms with Crippen LogP contribution in [0.4, 0.5) is 0 Å². The van der Waals surface area contributed by atoms with Gasteiger partial charge in [-0.2, -0.15) is 0 Å². The molecule has 0 N–H and O–H groups in total. The molecule has 0 aliphatic heterocycles. The number of aromatic nitrogens is 1. The van der Waals surface area contributed by atoms with Crippen LogP contribution in [0.2, 0.25) is 0 Å². The molecule has 2 atom stereocenters. The molecule has 2 unspecified atom stereocenters. The van der Waals surface area contributed by atoms with Gasteiger partial charge in [-0.25, -0.2) is 0 Å². The van der Waals surface area contributed by atoms with Crippen molar-refractivity contribution in [2.45, 2.75) is 25.2 Å². The summed E-state index contributed by atoms with van der Waals surface area (Å²) in [6, 6.07) is 58.4. The van der Waals surface area contributed by atoms with Crippen LogP contribution in [0.3, 0.4) is 0 Å². The summed E-state index contributed by atoms with van der Waals surface area (Å²) >= 11 is 0. The predicted molar refractivity (Wildman–Crippen MR) is 190 cm³/mol. The highest BCUT2D eigenvalue weighted by Gasteiger charge is 2.29. The molecule has 1 aromatic heterocycles. The van der Waals surface area contributed by atoms with Crippen molar-refractivity contribution in [1.29, 1.82) is 0 Å². The molecule has 1 heterocycles. The zero-order valence-corrected chi connectivity index (χ0v) is 25.3. The van der Waals surface area contributed by atoms with Crippen LogP contribution in [0.5, 0.6) is 0 Å². The van der Waals surface area contributed by atoms with Crippen molar-refractivity contribution in [3.63, 3.8) is 0 Å². The van der Waals surface area contributed by atoms with Gasteiger partial charge in [0.1, 0.15) is 0 Å². The summed E-state index contributed by atoms with van der Waals surface area (Å²) in [6.45, 7) is 2.41. The Labute approximate surface area is 264 Å². The van der Waals surface area contributed by atoms with E-state index in [-0.39, 0.29) is 0 Å². The Kier molecular flexibility index (Phi) is 5.99. The standard InChI is InChI=1S/C44H33N/c1-29-35-24-22-32(26-40(35)36-17-7-6-15-34(36)28-39(29)31-12-3-2-4-13-31)33-23-25-44-41(27-33)38-19-9-10-20-43(38)45(44)42-21-11-16-30-14-5-8-18-37(30)42/h2-27,29,39H,28H2,1H3. The van der Waals surface area contributed by atoms with Gasteiger partial charge in [-0.3, -0.25) is 0 Å². The summed E-state index contributed by atoms with van der Waals surface area (Å²) in [5.41, 5.74) is 13.2. The minimum atomic E-state index is 0.407. The highest BCUT2D eigenvalue weighted by molar-refractivity contribution is 6.11. The second kappa shape index (κ2) is 10.4. The minimum absolute atomic E-state index is 0.407. The molecule has 1 aliphatic carbocycles. The molecule has 0 amide bonds. The smallest absolute Gasteiger partial charge is 0.0541 e. The quantitative estimate of drug-likeness (QED) is 0.197. The number of hydrogen-bond acceptors (Lipinski definition) is 0. The van der Waals surface area contributed by atoms with E-state index in [2.05, 4.69) is 169 Å². The molecular weight excluding hydrogens is 542 g/mol. The van der Waals surface area contributed by atoms with Gasteiger partial charge in [0.25, 0.3) is 0 Å². The SMILES string of the molecule is CC1c2ccc(-c3ccc4c(c3)c3ccccc3n4-c3cccc4ccccc34)cc2-c2ccccc2CC1c1ccccc1. The fourth-order valence-corrected chi connectivity index (χ4v) is 7.88. The molecule has 0 spiro atoms. The molecule has 0 fully saturated rings. The van der Waals surface area contributed by atoms with E-state index in [0.29, 0.717) is 11.8 Å². The zero-order chi connectivity index (χ0) is 29.9. The first-order valence-electron chi connectivity index (χ1n) is 16.0. The van der Waals surface area contributed by atoms with Gasteiger partial charge in [-0.1, -0.05) is 134 Å². The van der Waals surface area contributed by atoms with Crippen molar-refractivity contribution in [2.24, 2.45) is 0 Å². The Balaban J connectivity index is 1.22. The van der Waals surface area contributed by atoms with Crippen LogP contribution in [0, 0.1) is 0 Å². The highest BCUT2D eigenvalue weighted by atomic mass is 15.0. The summed E-state index contributed by atoms with van der Waals surface area (Å²) in [6.07, 6.45) is 1.05. The van der Waals surface area contributed by atoms with E-state index >= 15 is 0 Å². The normalized spacial score (nSPS) is 16.0. The number of para-hydroxylation sites is 1. The Morgan fingerprint density at radius 3 is 2.11 bits per heavy atom. The molecule has 45 heavy (non-hydrogen) atoms. The number of nitrogens with zero attached hydrogens (tertiary/aromatic N) is 1. The largest absolute Gasteiger partial charge is 0.309 e. The molecule has 0 saturated heterocycles. The topological polar surface area (TPSA) is 4.93 Å². The number of rotatable bonds is 3. The Morgan fingerprint density at radius 2 is 1.20 bits per heavy atom. The van der Waals surface area contributed by atoms with Gasteiger partial charge in [0, 0.05) is 16.2 Å². The molecular formula is C44H33N. The fourth-order valence-electron chi connectivity index (χ4n) is 7.88. The van der Waals surface area contributed by atoms with Crippen molar-refractivity contribution < 1.29 is 0 Å². The number of hydrogen-bond donors (Lipinski definition) is 0. The average molecular weight is 576 g/mol. The van der Waals surface area contributed by atoms with Crippen LogP contribution in [0.1, 0.15) is 35.4 Å². The lowest BCUT2D eigenvalue weighted by atomic mass is 9.80. The van der Waals surface area contributed by atoms with Crippen LogP contribution in [-0.4, -0.2) is 4.57 Å². The molecule has 1 aliphatic rings. The monoisotopic (exact) mass is 575 g/mol. The molecule has 9 rings (SSSR count). The molecule has 214 valence electrons. The van der Waals surface area contributed by atoms with E-state index in [1.54, 1.807) is 0 Å². The van der Waals surface area contributed by atoms with Crippen molar-refractivity contribution in [2.75, 3.05) is 0 Å². The second-order valence-electron chi connectivity index (χ2n) is 12.6. The third-order valence-electron chi connectivity index (χ3n) is 10.1. The molecule has 1 nitrogen and oxygen atoms in total. The van der Waals surface area contributed by atoms with Crippen molar-refractivity contribution in [3.05, 3.63) is 174 Å². The third kappa shape index (κ3) is 4.15. The summed E-state index contributed by atoms with van der Waals surface area (Å²) < 4.78 is 2.44. The van der Waals surface area contributed by atoms with Gasteiger partial charge in [-0.05, 0) is 92.9 Å². The van der Waals surface area contributed by atoms with Gasteiger partial charge in [0.2, 0.25) is 0 Å². The van der Waals surface area contributed by atoms with Gasteiger partial charge in [-0.15, -0.1) is 0 Å². The van der Waals surface area contributed by atoms with Gasteiger partial charge < -0.3 is 4.57 Å². The minimum Gasteiger partial charge on any atom is -0.309 e. The summed E-state index contributed by atoms with van der Waals surface area (Å²) in [4.78, 5) is 0. The van der Waals surface area contributed by atoms with Gasteiger partial charge in [0.05, 0.1) is 16.7 Å². The maximum absolute atomic E-state index is 2.45. The van der Waals surface area contributed by atoms with Crippen LogP contribution >= 0.6 is 0 Å². The molecule has 0 radical (unpaired) electrons. The Bertz CT molecular complexity index is 2370. The summed E-state index contributed by atoms with van der Waals surface area (Å²) in [7, 11) is 0. The average Bonchev–Trinajstić information content (AvgIpc) is 3.37. The lowest BCUT2D eigenvalue weighted by Crippen LogP contribution is -2.10. The van der Waals surface area contributed by atoms with Gasteiger partial charge in [0.15, 0.2) is 0 Å². The Morgan fingerprint density at radius 1 is 0.511 bits per heavy atom. The van der Waals surface area contributed by atoms with E-state index in [4.69, 9.17) is 0 Å². The van der Waals surface area contributed by atoms with E-state index in [9.17, 15) is 0 Å². The van der Waals surface area contributed by atoms with Crippen LogP contribution in [0.15, 0.2) is 158 Å². The zero-order valence-electron chi connectivity index (χ0n) is 25.3. The van der Waals surface area contributed by atoms with Crippen LogP contribution in [0.25, 0.3) is 60.5 Å². The second-order valence-corrected chi connectivity index (χ2v) is 12.6. The van der Waals surface area contributed by atoms with Crippen LogP contribution in [-0.2, 0) is 6.42 Å². The maximum atomic E-state index is 2.45. The maximum Gasteiger partial charge on any atom is 0.0541 e. The van der Waals surface area contributed by atoms with Crippen LogP contribution < -0.4 is 0 Å². The van der Waals surface area contributed by atoms with Crippen molar-refractivity contribution >= 4 is 32.6 Å². The first kappa shape index (κ1) is 26.0. The summed E-state index contributed by atoms with van der Waals surface area (Å²) in [5.74, 6) is 0.848. The summed E-state index contributed by atoms with van der Waals surface area (Å²) in [5, 5.41) is 5.08. The van der Waals surface area contributed by atoms with E-state index in [1.807, 2.05) is 0 Å². The van der Waals surface area contributed by atoms with Crippen molar-refractivity contribution in [3.8, 4) is 27.9 Å². The molecule has 7 aromatic carbocycles. The number of benzene rings is 7. The first-order valence-corrected chi connectivity index (χ1v) is 16.0. The lowest BCUT2D eigenvalue weighted by Gasteiger charge is -2.24.